The highest BCUT2D eigenvalue weighted by Gasteiger charge is 2.37. The van der Waals surface area contributed by atoms with Crippen LogP contribution in [-0.4, -0.2) is 14.3 Å². The van der Waals surface area contributed by atoms with Crippen molar-refractivity contribution in [3.63, 3.8) is 0 Å². The molecule has 1 rings (SSSR count). The van der Waals surface area contributed by atoms with Gasteiger partial charge in [0, 0.05) is 6.42 Å². The van der Waals surface area contributed by atoms with Gasteiger partial charge < -0.3 is 4.43 Å². The molecule has 1 aliphatic rings. The van der Waals surface area contributed by atoms with Crippen LogP contribution in [0.25, 0.3) is 0 Å². The molecule has 1 aliphatic heterocycles. The van der Waals surface area contributed by atoms with E-state index in [9.17, 15) is 4.79 Å². The second kappa shape index (κ2) is 2.74. The largest absolute Gasteiger partial charge is 0.519 e. The molecular formula is C7H14O2Si. The normalized spacial score (nSPS) is 32.4. The highest BCUT2D eigenvalue weighted by atomic mass is 28.4. The molecule has 0 bridgehead atoms. The van der Waals surface area contributed by atoms with Crippen LogP contribution in [0, 0.1) is 0 Å². The van der Waals surface area contributed by atoms with E-state index in [-0.39, 0.29) is 5.97 Å². The molecule has 0 aromatic rings. The van der Waals surface area contributed by atoms with Gasteiger partial charge in [-0.15, -0.1) is 0 Å². The predicted molar refractivity (Wildman–Crippen MR) is 42.2 cm³/mol. The molecule has 1 unspecified atom stereocenters. The fourth-order valence-electron chi connectivity index (χ4n) is 1.45. The van der Waals surface area contributed by atoms with Gasteiger partial charge in [0.15, 0.2) is 0 Å². The minimum absolute atomic E-state index is 0.0302. The Bertz CT molecular complexity index is 147. The highest BCUT2D eigenvalue weighted by molar-refractivity contribution is 6.75. The van der Waals surface area contributed by atoms with E-state index in [1.165, 1.54) is 0 Å². The summed E-state index contributed by atoms with van der Waals surface area (Å²) >= 11 is 0. The summed E-state index contributed by atoms with van der Waals surface area (Å²) < 4.78 is 5.29. The van der Waals surface area contributed by atoms with Crippen LogP contribution in [0.4, 0.5) is 0 Å². The first-order valence-corrected chi connectivity index (χ1v) is 6.70. The second-order valence-electron chi connectivity index (χ2n) is 3.17. The topological polar surface area (TPSA) is 26.3 Å². The molecule has 0 saturated carbocycles. The molecule has 3 heteroatoms. The maximum Gasteiger partial charge on any atom is 0.292 e. The lowest BCUT2D eigenvalue weighted by molar-refractivity contribution is -0.132. The third-order valence-corrected chi connectivity index (χ3v) is 5.58. The molecule has 0 amide bonds. The molecule has 0 aromatic carbocycles. The first-order chi connectivity index (χ1) is 4.66. The first-order valence-electron chi connectivity index (χ1n) is 3.88. The summed E-state index contributed by atoms with van der Waals surface area (Å²) in [5.41, 5.74) is 0. The average molecular weight is 158 g/mol. The van der Waals surface area contributed by atoms with Crippen LogP contribution in [0.5, 0.6) is 0 Å². The van der Waals surface area contributed by atoms with E-state index < -0.39 is 8.32 Å². The van der Waals surface area contributed by atoms with Crippen molar-refractivity contribution < 1.29 is 9.22 Å². The fraction of sp³-hybridized carbons (Fsp3) is 0.857. The SMILES string of the molecule is CCC[Si]1(C)CCC(=O)O1. The van der Waals surface area contributed by atoms with Gasteiger partial charge in [-0.25, -0.2) is 0 Å². The van der Waals surface area contributed by atoms with Crippen LogP contribution in [0.2, 0.25) is 18.6 Å². The lowest BCUT2D eigenvalue weighted by atomic mass is 10.5. The van der Waals surface area contributed by atoms with Crippen molar-refractivity contribution in [1.29, 1.82) is 0 Å². The van der Waals surface area contributed by atoms with Crippen molar-refractivity contribution in [2.24, 2.45) is 0 Å². The van der Waals surface area contributed by atoms with E-state index in [2.05, 4.69) is 13.5 Å². The maximum atomic E-state index is 10.7. The molecule has 0 N–H and O–H groups in total. The van der Waals surface area contributed by atoms with Gasteiger partial charge in [-0.3, -0.25) is 4.79 Å². The van der Waals surface area contributed by atoms with Gasteiger partial charge in [-0.05, 0) is 18.6 Å². The van der Waals surface area contributed by atoms with Crippen LogP contribution in [0.3, 0.4) is 0 Å². The molecule has 1 fully saturated rings. The van der Waals surface area contributed by atoms with Crippen molar-refractivity contribution in [2.75, 3.05) is 0 Å². The minimum Gasteiger partial charge on any atom is -0.519 e. The highest BCUT2D eigenvalue weighted by Crippen LogP contribution is 2.27. The molecule has 58 valence electrons. The Morgan fingerprint density at radius 1 is 1.70 bits per heavy atom. The summed E-state index contributed by atoms with van der Waals surface area (Å²) in [6.07, 6.45) is 1.82. The predicted octanol–water partition coefficient (Wildman–Crippen LogP) is 1.92. The van der Waals surface area contributed by atoms with Crippen LogP contribution < -0.4 is 0 Å². The monoisotopic (exact) mass is 158 g/mol. The van der Waals surface area contributed by atoms with Crippen molar-refractivity contribution >= 4 is 14.3 Å². The van der Waals surface area contributed by atoms with Gasteiger partial charge in [0.1, 0.15) is 0 Å². The molecule has 1 atom stereocenters. The quantitative estimate of drug-likeness (QED) is 0.574. The maximum absolute atomic E-state index is 10.7. The average Bonchev–Trinajstić information content (AvgIpc) is 2.12. The second-order valence-corrected chi connectivity index (χ2v) is 7.28. The van der Waals surface area contributed by atoms with E-state index in [0.29, 0.717) is 6.42 Å². The van der Waals surface area contributed by atoms with Crippen molar-refractivity contribution in [3.8, 4) is 0 Å². The van der Waals surface area contributed by atoms with Gasteiger partial charge in [-0.1, -0.05) is 13.3 Å². The van der Waals surface area contributed by atoms with Crippen LogP contribution in [-0.2, 0) is 9.22 Å². The number of hydrogen-bond donors (Lipinski definition) is 0. The summed E-state index contributed by atoms with van der Waals surface area (Å²) in [6, 6.07) is 2.18. The Hall–Kier alpha value is -0.313. The third kappa shape index (κ3) is 1.59. The molecule has 1 heterocycles. The molecule has 2 nitrogen and oxygen atoms in total. The minimum atomic E-state index is -1.50. The summed E-state index contributed by atoms with van der Waals surface area (Å²) in [6.45, 7) is 4.30. The zero-order chi connectivity index (χ0) is 7.61. The standard InChI is InChI=1S/C7H14O2Si/c1-3-5-10(2)6-4-7(8)9-10/h3-6H2,1-2H3. The third-order valence-electron chi connectivity index (χ3n) is 2.00. The molecule has 1 saturated heterocycles. The molecule has 0 spiro atoms. The van der Waals surface area contributed by atoms with Crippen molar-refractivity contribution in [1.82, 2.24) is 0 Å². The Balaban J connectivity index is 2.46. The lowest BCUT2D eigenvalue weighted by Gasteiger charge is -2.17. The summed E-state index contributed by atoms with van der Waals surface area (Å²) in [7, 11) is -1.50. The Morgan fingerprint density at radius 2 is 2.40 bits per heavy atom. The lowest BCUT2D eigenvalue weighted by Crippen LogP contribution is -2.29. The van der Waals surface area contributed by atoms with E-state index in [4.69, 9.17) is 4.43 Å². The molecule has 0 aromatic heterocycles. The summed E-state index contributed by atoms with van der Waals surface area (Å²) in [5.74, 6) is 0.0302. The Kier molecular flexibility index (Phi) is 2.13. The van der Waals surface area contributed by atoms with Gasteiger partial charge >= 0.3 is 0 Å². The smallest absolute Gasteiger partial charge is 0.292 e. The van der Waals surface area contributed by atoms with Gasteiger partial charge in [0.05, 0.1) is 0 Å². The fourth-order valence-corrected chi connectivity index (χ4v) is 4.34. The summed E-state index contributed by atoms with van der Waals surface area (Å²) in [4.78, 5) is 10.7. The number of rotatable bonds is 2. The molecule has 10 heavy (non-hydrogen) atoms. The van der Waals surface area contributed by atoms with Crippen LogP contribution in [0.15, 0.2) is 0 Å². The Morgan fingerprint density at radius 3 is 2.80 bits per heavy atom. The van der Waals surface area contributed by atoms with Crippen molar-refractivity contribution in [3.05, 3.63) is 0 Å². The van der Waals surface area contributed by atoms with E-state index in [0.717, 1.165) is 18.5 Å². The van der Waals surface area contributed by atoms with Crippen molar-refractivity contribution in [2.45, 2.75) is 38.4 Å². The van der Waals surface area contributed by atoms with Gasteiger partial charge in [0.25, 0.3) is 14.3 Å². The zero-order valence-electron chi connectivity index (χ0n) is 6.64. The zero-order valence-corrected chi connectivity index (χ0v) is 7.64. The van der Waals surface area contributed by atoms with Crippen LogP contribution in [0.1, 0.15) is 19.8 Å². The van der Waals surface area contributed by atoms with Gasteiger partial charge in [0.2, 0.25) is 0 Å². The molecular weight excluding hydrogens is 144 g/mol. The number of carbonyl (C=O) groups excluding carboxylic acids is 1. The van der Waals surface area contributed by atoms with E-state index in [1.807, 2.05) is 0 Å². The van der Waals surface area contributed by atoms with Gasteiger partial charge in [-0.2, -0.15) is 0 Å². The summed E-state index contributed by atoms with van der Waals surface area (Å²) in [5, 5.41) is 0. The first kappa shape index (κ1) is 7.79. The number of hydrogen-bond acceptors (Lipinski definition) is 2. The number of carbonyl (C=O) groups is 1. The molecule has 0 aliphatic carbocycles. The molecule has 0 radical (unpaired) electrons. The van der Waals surface area contributed by atoms with Crippen LogP contribution >= 0.6 is 0 Å². The Labute approximate surface area is 62.7 Å². The van der Waals surface area contributed by atoms with E-state index >= 15 is 0 Å². The van der Waals surface area contributed by atoms with E-state index in [1.54, 1.807) is 0 Å².